The Kier molecular flexibility index (Phi) is 4.49. The molecule has 88 valence electrons. The van der Waals surface area contributed by atoms with Gasteiger partial charge in [0.05, 0.1) is 11.0 Å². The van der Waals surface area contributed by atoms with Gasteiger partial charge in [-0.15, -0.1) is 0 Å². The summed E-state index contributed by atoms with van der Waals surface area (Å²) in [4.78, 5) is 5.37. The van der Waals surface area contributed by atoms with Crippen LogP contribution in [0.4, 0.5) is 0 Å². The highest BCUT2D eigenvalue weighted by molar-refractivity contribution is 7.80. The number of nitrogens with zero attached hydrogens (tertiary/aromatic N) is 2. The molecule has 1 aliphatic rings. The van der Waals surface area contributed by atoms with Gasteiger partial charge in [-0.05, 0) is 26.4 Å². The fourth-order valence-corrected chi connectivity index (χ4v) is 2.87. The molecule has 0 aromatic rings. The average Bonchev–Trinajstić information content (AvgIpc) is 2.48. The SMILES string of the molecule is CCC(C(N)=S)N1CC(C)C(N(C)C)C1. The van der Waals surface area contributed by atoms with Gasteiger partial charge in [-0.1, -0.05) is 26.1 Å². The van der Waals surface area contributed by atoms with Crippen LogP contribution in [0.3, 0.4) is 0 Å². The summed E-state index contributed by atoms with van der Waals surface area (Å²) in [5, 5.41) is 0. The molecule has 2 N–H and O–H groups in total. The zero-order valence-corrected chi connectivity index (χ0v) is 11.0. The predicted molar refractivity (Wildman–Crippen MR) is 69.1 cm³/mol. The number of likely N-dealkylation sites (N-methyl/N-ethyl adjacent to an activating group) is 1. The number of thiocarbonyl (C=S) groups is 1. The lowest BCUT2D eigenvalue weighted by Gasteiger charge is -2.26. The lowest BCUT2D eigenvalue weighted by molar-refractivity contribution is 0.241. The maximum Gasteiger partial charge on any atom is 0.0901 e. The molecule has 0 spiro atoms. The van der Waals surface area contributed by atoms with E-state index in [0.717, 1.165) is 19.5 Å². The van der Waals surface area contributed by atoms with Gasteiger partial charge in [0.1, 0.15) is 0 Å². The molecule has 1 aliphatic heterocycles. The molecular formula is C11H23N3S. The van der Waals surface area contributed by atoms with Gasteiger partial charge < -0.3 is 10.6 Å². The van der Waals surface area contributed by atoms with Gasteiger partial charge in [0.2, 0.25) is 0 Å². The van der Waals surface area contributed by atoms with Gasteiger partial charge in [0.25, 0.3) is 0 Å². The average molecular weight is 229 g/mol. The second-order valence-corrected chi connectivity index (χ2v) is 5.26. The van der Waals surface area contributed by atoms with Crippen LogP contribution in [0.1, 0.15) is 20.3 Å². The van der Waals surface area contributed by atoms with E-state index in [2.05, 4.69) is 37.7 Å². The second kappa shape index (κ2) is 5.23. The monoisotopic (exact) mass is 229 g/mol. The Morgan fingerprint density at radius 1 is 1.53 bits per heavy atom. The van der Waals surface area contributed by atoms with Crippen molar-refractivity contribution in [2.24, 2.45) is 11.7 Å². The van der Waals surface area contributed by atoms with Crippen molar-refractivity contribution in [3.05, 3.63) is 0 Å². The third-order valence-electron chi connectivity index (χ3n) is 3.42. The lowest BCUT2D eigenvalue weighted by atomic mass is 10.1. The van der Waals surface area contributed by atoms with Crippen LogP contribution >= 0.6 is 12.2 Å². The first kappa shape index (κ1) is 12.9. The zero-order chi connectivity index (χ0) is 11.6. The molecule has 0 amide bonds. The summed E-state index contributed by atoms with van der Waals surface area (Å²) in [6.07, 6.45) is 1.02. The summed E-state index contributed by atoms with van der Waals surface area (Å²) >= 11 is 5.12. The minimum absolute atomic E-state index is 0.285. The van der Waals surface area contributed by atoms with Crippen LogP contribution in [0.5, 0.6) is 0 Å². The quantitative estimate of drug-likeness (QED) is 0.727. The van der Waals surface area contributed by atoms with Crippen molar-refractivity contribution in [3.63, 3.8) is 0 Å². The summed E-state index contributed by atoms with van der Waals surface area (Å²) in [5.41, 5.74) is 5.77. The smallest absolute Gasteiger partial charge is 0.0901 e. The van der Waals surface area contributed by atoms with Crippen molar-refractivity contribution < 1.29 is 0 Å². The molecule has 4 heteroatoms. The molecule has 1 heterocycles. The van der Waals surface area contributed by atoms with Crippen LogP contribution in [0.25, 0.3) is 0 Å². The third kappa shape index (κ3) is 2.89. The Hall–Kier alpha value is -0.190. The number of hydrogen-bond donors (Lipinski definition) is 1. The standard InChI is InChI=1S/C11H23N3S/c1-5-9(11(12)15)14-6-8(2)10(7-14)13(3)4/h8-10H,5-7H2,1-4H3,(H2,12,15). The Labute approximate surface area is 98.6 Å². The largest absolute Gasteiger partial charge is 0.392 e. The zero-order valence-electron chi connectivity index (χ0n) is 10.2. The molecule has 3 nitrogen and oxygen atoms in total. The Bertz CT molecular complexity index is 230. The molecule has 1 saturated heterocycles. The molecule has 3 atom stereocenters. The van der Waals surface area contributed by atoms with E-state index in [1.807, 2.05) is 0 Å². The van der Waals surface area contributed by atoms with Gasteiger partial charge in [-0.25, -0.2) is 0 Å². The van der Waals surface area contributed by atoms with E-state index in [9.17, 15) is 0 Å². The number of nitrogens with two attached hydrogens (primary N) is 1. The highest BCUT2D eigenvalue weighted by atomic mass is 32.1. The van der Waals surface area contributed by atoms with Gasteiger partial charge in [-0.3, -0.25) is 4.90 Å². The number of hydrogen-bond acceptors (Lipinski definition) is 3. The molecule has 0 radical (unpaired) electrons. The van der Waals surface area contributed by atoms with Gasteiger partial charge in [-0.2, -0.15) is 0 Å². The van der Waals surface area contributed by atoms with E-state index in [0.29, 0.717) is 16.9 Å². The molecule has 0 aromatic heterocycles. The first-order valence-corrected chi connectivity index (χ1v) is 6.08. The van der Waals surface area contributed by atoms with Crippen LogP contribution in [0.15, 0.2) is 0 Å². The van der Waals surface area contributed by atoms with Crippen molar-refractivity contribution in [2.75, 3.05) is 27.2 Å². The van der Waals surface area contributed by atoms with Gasteiger partial charge >= 0.3 is 0 Å². The number of likely N-dealkylation sites (tertiary alicyclic amines) is 1. The lowest BCUT2D eigenvalue weighted by Crippen LogP contribution is -2.43. The summed E-state index contributed by atoms with van der Waals surface area (Å²) < 4.78 is 0. The van der Waals surface area contributed by atoms with E-state index in [1.165, 1.54) is 0 Å². The van der Waals surface area contributed by atoms with Crippen molar-refractivity contribution in [2.45, 2.75) is 32.4 Å². The predicted octanol–water partition coefficient (Wildman–Crippen LogP) is 0.933. The molecule has 0 aliphatic carbocycles. The van der Waals surface area contributed by atoms with Crippen molar-refractivity contribution in [3.8, 4) is 0 Å². The van der Waals surface area contributed by atoms with Crippen LogP contribution in [-0.4, -0.2) is 54.1 Å². The first-order valence-electron chi connectivity index (χ1n) is 5.67. The van der Waals surface area contributed by atoms with E-state index in [-0.39, 0.29) is 6.04 Å². The summed E-state index contributed by atoms with van der Waals surface area (Å²) in [6, 6.07) is 0.917. The molecule has 3 unspecified atom stereocenters. The Balaban J connectivity index is 2.64. The molecule has 0 bridgehead atoms. The van der Waals surface area contributed by atoms with Crippen LogP contribution in [0.2, 0.25) is 0 Å². The molecule has 0 aromatic carbocycles. The van der Waals surface area contributed by atoms with Crippen molar-refractivity contribution in [1.82, 2.24) is 9.80 Å². The molecular weight excluding hydrogens is 206 g/mol. The molecule has 0 saturated carbocycles. The summed E-state index contributed by atoms with van der Waals surface area (Å²) in [6.45, 7) is 6.65. The number of rotatable bonds is 4. The van der Waals surface area contributed by atoms with Crippen molar-refractivity contribution in [1.29, 1.82) is 0 Å². The Morgan fingerprint density at radius 3 is 2.47 bits per heavy atom. The van der Waals surface area contributed by atoms with Crippen LogP contribution in [0, 0.1) is 5.92 Å². The summed E-state index contributed by atoms with van der Waals surface area (Å²) in [5.74, 6) is 0.698. The maximum absolute atomic E-state index is 5.77. The topological polar surface area (TPSA) is 32.5 Å². The maximum atomic E-state index is 5.77. The van der Waals surface area contributed by atoms with Crippen LogP contribution in [-0.2, 0) is 0 Å². The fraction of sp³-hybridized carbons (Fsp3) is 0.909. The third-order valence-corrected chi connectivity index (χ3v) is 3.69. The molecule has 1 rings (SSSR count). The van der Waals surface area contributed by atoms with E-state index in [4.69, 9.17) is 18.0 Å². The van der Waals surface area contributed by atoms with E-state index in [1.54, 1.807) is 0 Å². The molecule has 1 fully saturated rings. The highest BCUT2D eigenvalue weighted by Crippen LogP contribution is 2.23. The van der Waals surface area contributed by atoms with E-state index >= 15 is 0 Å². The fourth-order valence-electron chi connectivity index (χ4n) is 2.55. The minimum atomic E-state index is 0.285. The highest BCUT2D eigenvalue weighted by Gasteiger charge is 2.34. The van der Waals surface area contributed by atoms with Gasteiger partial charge in [0.15, 0.2) is 0 Å². The minimum Gasteiger partial charge on any atom is -0.392 e. The van der Waals surface area contributed by atoms with Crippen molar-refractivity contribution >= 4 is 17.2 Å². The second-order valence-electron chi connectivity index (χ2n) is 4.79. The summed E-state index contributed by atoms with van der Waals surface area (Å²) in [7, 11) is 4.29. The van der Waals surface area contributed by atoms with E-state index < -0.39 is 0 Å². The Morgan fingerprint density at radius 2 is 2.13 bits per heavy atom. The normalized spacial score (nSPS) is 29.7. The van der Waals surface area contributed by atoms with Crippen LogP contribution < -0.4 is 5.73 Å². The first-order chi connectivity index (χ1) is 6.97. The molecule has 15 heavy (non-hydrogen) atoms. The van der Waals surface area contributed by atoms with Gasteiger partial charge in [0, 0.05) is 19.1 Å².